The summed E-state index contributed by atoms with van der Waals surface area (Å²) in [5.41, 5.74) is 9.22. The molecule has 1 aromatic carbocycles. The van der Waals surface area contributed by atoms with Crippen LogP contribution in [-0.4, -0.2) is 25.3 Å². The number of piperidine rings is 1. The third-order valence-corrected chi connectivity index (χ3v) is 3.80. The van der Waals surface area contributed by atoms with Crippen LogP contribution in [0.25, 0.3) is 0 Å². The minimum Gasteiger partial charge on any atom is -0.398 e. The zero-order valence-corrected chi connectivity index (χ0v) is 12.5. The molecule has 0 aliphatic carbocycles. The number of halogens is 1. The Labute approximate surface area is 125 Å². The number of hydrogen-bond acceptors (Lipinski definition) is 4. The van der Waals surface area contributed by atoms with Crippen molar-refractivity contribution in [3.8, 4) is 0 Å². The Kier molecular flexibility index (Phi) is 4.55. The molecule has 0 radical (unpaired) electrons. The van der Waals surface area contributed by atoms with E-state index in [-0.39, 0.29) is 0 Å². The zero-order chi connectivity index (χ0) is 14.7. The van der Waals surface area contributed by atoms with E-state index in [9.17, 15) is 0 Å². The molecule has 0 spiro atoms. The largest absolute Gasteiger partial charge is 0.398 e. The van der Waals surface area contributed by atoms with E-state index in [1.165, 1.54) is 6.21 Å². The molecule has 0 unspecified atom stereocenters. The SMILES string of the molecule is C=C(C)NC1CCN(c2cc(Cl)cc(N)c2C=N)CC1. The molecule has 0 atom stereocenters. The van der Waals surface area contributed by atoms with Gasteiger partial charge in [-0.25, -0.2) is 0 Å². The molecule has 5 heteroatoms. The first-order valence-corrected chi connectivity index (χ1v) is 7.15. The first-order valence-electron chi connectivity index (χ1n) is 6.77. The normalized spacial score (nSPS) is 16.0. The molecule has 4 N–H and O–H groups in total. The van der Waals surface area contributed by atoms with E-state index < -0.39 is 0 Å². The van der Waals surface area contributed by atoms with Gasteiger partial charge in [0, 0.05) is 53.0 Å². The third-order valence-electron chi connectivity index (χ3n) is 3.59. The van der Waals surface area contributed by atoms with Crippen molar-refractivity contribution in [3.05, 3.63) is 35.0 Å². The number of hydrogen-bond donors (Lipinski definition) is 3. The first-order chi connectivity index (χ1) is 9.51. The molecule has 20 heavy (non-hydrogen) atoms. The van der Waals surface area contributed by atoms with Gasteiger partial charge in [0.1, 0.15) is 0 Å². The molecule has 108 valence electrons. The Morgan fingerprint density at radius 3 is 2.70 bits per heavy atom. The lowest BCUT2D eigenvalue weighted by atomic mass is 10.0. The van der Waals surface area contributed by atoms with Crippen LogP contribution in [0.15, 0.2) is 24.4 Å². The first kappa shape index (κ1) is 14.7. The van der Waals surface area contributed by atoms with Crippen LogP contribution in [0.4, 0.5) is 11.4 Å². The maximum absolute atomic E-state index is 7.55. The lowest BCUT2D eigenvalue weighted by molar-refractivity contribution is 0.445. The molecule has 4 nitrogen and oxygen atoms in total. The summed E-state index contributed by atoms with van der Waals surface area (Å²) in [5.74, 6) is 0. The van der Waals surface area contributed by atoms with E-state index in [2.05, 4.69) is 16.8 Å². The molecule has 1 aliphatic rings. The predicted octanol–water partition coefficient (Wildman–Crippen LogP) is 3.01. The summed E-state index contributed by atoms with van der Waals surface area (Å²) in [6, 6.07) is 4.06. The lowest BCUT2D eigenvalue weighted by Gasteiger charge is -2.35. The molecule has 0 amide bonds. The highest BCUT2D eigenvalue weighted by atomic mass is 35.5. The summed E-state index contributed by atoms with van der Waals surface area (Å²) in [6.45, 7) is 7.72. The summed E-state index contributed by atoms with van der Waals surface area (Å²) in [7, 11) is 0. The second-order valence-corrected chi connectivity index (χ2v) is 5.69. The minimum absolute atomic E-state index is 0.476. The van der Waals surface area contributed by atoms with Gasteiger partial charge >= 0.3 is 0 Å². The van der Waals surface area contributed by atoms with E-state index >= 15 is 0 Å². The number of rotatable bonds is 4. The fourth-order valence-corrected chi connectivity index (χ4v) is 2.88. The highest BCUT2D eigenvalue weighted by molar-refractivity contribution is 6.31. The van der Waals surface area contributed by atoms with E-state index in [0.29, 0.717) is 16.8 Å². The van der Waals surface area contributed by atoms with Crippen LogP contribution in [-0.2, 0) is 0 Å². The number of nitrogens with zero attached hydrogens (tertiary/aromatic N) is 1. The second kappa shape index (κ2) is 6.18. The van der Waals surface area contributed by atoms with Crippen molar-refractivity contribution in [1.82, 2.24) is 5.32 Å². The van der Waals surface area contributed by atoms with Gasteiger partial charge in [0.05, 0.1) is 0 Å². The fraction of sp³-hybridized carbons (Fsp3) is 0.400. The van der Waals surface area contributed by atoms with Gasteiger partial charge in [0.25, 0.3) is 0 Å². The molecule has 0 bridgehead atoms. The second-order valence-electron chi connectivity index (χ2n) is 5.26. The topological polar surface area (TPSA) is 65.1 Å². The van der Waals surface area contributed by atoms with Gasteiger partial charge in [-0.3, -0.25) is 0 Å². The Morgan fingerprint density at radius 1 is 1.50 bits per heavy atom. The summed E-state index contributed by atoms with van der Waals surface area (Å²) < 4.78 is 0. The zero-order valence-electron chi connectivity index (χ0n) is 11.7. The molecule has 1 fully saturated rings. The summed E-state index contributed by atoms with van der Waals surface area (Å²) in [6.07, 6.45) is 3.38. The van der Waals surface area contributed by atoms with Crippen molar-refractivity contribution in [2.75, 3.05) is 23.7 Å². The quantitative estimate of drug-likeness (QED) is 0.590. The Balaban J connectivity index is 2.14. The van der Waals surface area contributed by atoms with Crippen LogP contribution in [0.5, 0.6) is 0 Å². The average molecular weight is 293 g/mol. The molecule has 0 aromatic heterocycles. The number of allylic oxidation sites excluding steroid dienone is 1. The summed E-state index contributed by atoms with van der Waals surface area (Å²) in [5, 5.41) is 11.6. The Morgan fingerprint density at radius 2 is 2.15 bits per heavy atom. The molecule has 1 aliphatic heterocycles. The van der Waals surface area contributed by atoms with Crippen molar-refractivity contribution in [2.45, 2.75) is 25.8 Å². The Hall–Kier alpha value is -1.68. The highest BCUT2D eigenvalue weighted by Gasteiger charge is 2.21. The van der Waals surface area contributed by atoms with Gasteiger partial charge in [-0.2, -0.15) is 0 Å². The van der Waals surface area contributed by atoms with E-state index in [1.54, 1.807) is 6.07 Å². The fourth-order valence-electron chi connectivity index (χ4n) is 2.66. The lowest BCUT2D eigenvalue weighted by Crippen LogP contribution is -2.42. The highest BCUT2D eigenvalue weighted by Crippen LogP contribution is 2.31. The number of nitrogen functional groups attached to an aromatic ring is 1. The van der Waals surface area contributed by atoms with E-state index in [1.807, 2.05) is 13.0 Å². The van der Waals surface area contributed by atoms with Gasteiger partial charge in [-0.15, -0.1) is 0 Å². The summed E-state index contributed by atoms with van der Waals surface area (Å²) >= 11 is 6.09. The number of anilines is 2. The smallest absolute Gasteiger partial charge is 0.0491 e. The van der Waals surface area contributed by atoms with Crippen LogP contribution in [0.3, 0.4) is 0 Å². The molecular formula is C15H21ClN4. The molecule has 1 heterocycles. The van der Waals surface area contributed by atoms with Gasteiger partial charge < -0.3 is 21.4 Å². The van der Waals surface area contributed by atoms with Crippen molar-refractivity contribution >= 4 is 29.2 Å². The average Bonchev–Trinajstić information content (AvgIpc) is 2.38. The maximum Gasteiger partial charge on any atom is 0.0491 e. The standard InChI is InChI=1S/C15H21ClN4/c1-10(2)19-12-3-5-20(6-4-12)15-8-11(16)7-14(18)13(15)9-17/h7-9,12,17,19H,1,3-6,18H2,2H3. The van der Waals surface area contributed by atoms with E-state index in [0.717, 1.165) is 42.9 Å². The van der Waals surface area contributed by atoms with Crippen LogP contribution in [0.1, 0.15) is 25.3 Å². The molecule has 1 saturated heterocycles. The van der Waals surface area contributed by atoms with Crippen molar-refractivity contribution in [2.24, 2.45) is 0 Å². The number of benzene rings is 1. The maximum atomic E-state index is 7.55. The van der Waals surface area contributed by atoms with Crippen LogP contribution in [0.2, 0.25) is 5.02 Å². The minimum atomic E-state index is 0.476. The number of nitrogens with one attached hydrogen (secondary N) is 2. The van der Waals surface area contributed by atoms with Crippen molar-refractivity contribution in [1.29, 1.82) is 5.41 Å². The van der Waals surface area contributed by atoms with E-state index in [4.69, 9.17) is 22.7 Å². The monoisotopic (exact) mass is 292 g/mol. The molecule has 2 rings (SSSR count). The van der Waals surface area contributed by atoms with Gasteiger partial charge in [-0.05, 0) is 31.9 Å². The van der Waals surface area contributed by atoms with Crippen molar-refractivity contribution < 1.29 is 0 Å². The number of nitrogens with two attached hydrogens (primary N) is 1. The van der Waals surface area contributed by atoms with Crippen molar-refractivity contribution in [3.63, 3.8) is 0 Å². The molecule has 0 saturated carbocycles. The van der Waals surface area contributed by atoms with Crippen LogP contribution < -0.4 is 16.0 Å². The van der Waals surface area contributed by atoms with Gasteiger partial charge in [-0.1, -0.05) is 18.2 Å². The predicted molar refractivity (Wildman–Crippen MR) is 86.9 cm³/mol. The van der Waals surface area contributed by atoms with Crippen LogP contribution >= 0.6 is 11.6 Å². The third kappa shape index (κ3) is 3.25. The molecule has 1 aromatic rings. The molecular weight excluding hydrogens is 272 g/mol. The van der Waals surface area contributed by atoms with Gasteiger partial charge in [0.15, 0.2) is 0 Å². The van der Waals surface area contributed by atoms with Gasteiger partial charge in [0.2, 0.25) is 0 Å². The summed E-state index contributed by atoms with van der Waals surface area (Å²) in [4.78, 5) is 2.25. The van der Waals surface area contributed by atoms with Crippen LogP contribution in [0, 0.1) is 5.41 Å². The Bertz CT molecular complexity index is 519.